The summed E-state index contributed by atoms with van der Waals surface area (Å²) in [5.41, 5.74) is 3.82. The van der Waals surface area contributed by atoms with E-state index in [0.29, 0.717) is 34.5 Å². The van der Waals surface area contributed by atoms with E-state index in [0.717, 1.165) is 11.3 Å². The van der Waals surface area contributed by atoms with Gasteiger partial charge in [-0.15, -0.1) is 10.2 Å². The Balaban J connectivity index is 1.36. The number of aryl methyl sites for hydroxylation is 1. The van der Waals surface area contributed by atoms with Gasteiger partial charge in [-0.05, 0) is 68.3 Å². The second kappa shape index (κ2) is 13.7. The Morgan fingerprint density at radius 2 is 1.55 bits per heavy atom. The van der Waals surface area contributed by atoms with Crippen LogP contribution in [0.3, 0.4) is 0 Å². The number of azo groups is 1. The summed E-state index contributed by atoms with van der Waals surface area (Å²) in [5.74, 6) is 0.589. The van der Waals surface area contributed by atoms with Crippen LogP contribution in [0.1, 0.15) is 48.6 Å². The number of amides is 2. The van der Waals surface area contributed by atoms with Crippen molar-refractivity contribution < 1.29 is 9.59 Å². The number of rotatable bonds is 11. The third-order valence-corrected chi connectivity index (χ3v) is 7.09. The molecule has 0 fully saturated rings. The van der Waals surface area contributed by atoms with Crippen LogP contribution in [0.5, 0.6) is 0 Å². The molecule has 0 saturated heterocycles. The first-order valence-corrected chi connectivity index (χ1v) is 14.1. The number of carbonyl (C=O) groups excluding carboxylic acids is 2. The molecule has 0 spiro atoms. The van der Waals surface area contributed by atoms with Gasteiger partial charge in [-0.25, -0.2) is 0 Å². The maximum atomic E-state index is 12.9. The van der Waals surface area contributed by atoms with Crippen LogP contribution in [0.25, 0.3) is 0 Å². The van der Waals surface area contributed by atoms with Gasteiger partial charge in [0.1, 0.15) is 0 Å². The molecular weight excluding hydrogens is 522 g/mol. The number of aromatic nitrogens is 3. The molecule has 1 aromatic heterocycles. The van der Waals surface area contributed by atoms with Crippen LogP contribution in [0.15, 0.2) is 94.2 Å². The van der Waals surface area contributed by atoms with Crippen molar-refractivity contribution in [2.45, 2.75) is 45.4 Å². The minimum absolute atomic E-state index is 0.0836. The molecule has 0 radical (unpaired) electrons. The van der Waals surface area contributed by atoms with Crippen molar-refractivity contribution in [1.29, 1.82) is 0 Å². The molecule has 0 saturated carbocycles. The van der Waals surface area contributed by atoms with Crippen LogP contribution in [0, 0.1) is 12.8 Å². The number of anilines is 1. The topological polar surface area (TPSA) is 114 Å². The van der Waals surface area contributed by atoms with Gasteiger partial charge in [-0.3, -0.25) is 9.59 Å². The van der Waals surface area contributed by atoms with E-state index in [4.69, 9.17) is 0 Å². The Labute approximate surface area is 238 Å². The molecule has 2 N–H and O–H groups in total. The number of nitrogens with one attached hydrogen (secondary N) is 2. The summed E-state index contributed by atoms with van der Waals surface area (Å²) in [5, 5.41) is 23.8. The van der Waals surface area contributed by atoms with Crippen molar-refractivity contribution in [1.82, 2.24) is 20.1 Å². The summed E-state index contributed by atoms with van der Waals surface area (Å²) in [7, 11) is 0. The van der Waals surface area contributed by atoms with Crippen LogP contribution < -0.4 is 10.6 Å². The van der Waals surface area contributed by atoms with Crippen LogP contribution in [-0.2, 0) is 11.3 Å². The molecule has 0 aliphatic rings. The highest BCUT2D eigenvalue weighted by atomic mass is 32.2. The summed E-state index contributed by atoms with van der Waals surface area (Å²) in [6.07, 6.45) is 0. The van der Waals surface area contributed by atoms with Gasteiger partial charge in [0.25, 0.3) is 5.91 Å². The Morgan fingerprint density at radius 3 is 2.17 bits per heavy atom. The molecule has 3 aromatic carbocycles. The number of benzene rings is 3. The van der Waals surface area contributed by atoms with Gasteiger partial charge in [0, 0.05) is 17.8 Å². The third kappa shape index (κ3) is 7.63. The van der Waals surface area contributed by atoms with Gasteiger partial charge < -0.3 is 15.2 Å². The highest BCUT2D eigenvalue weighted by Crippen LogP contribution is 2.26. The lowest BCUT2D eigenvalue weighted by atomic mass is 10.0. The Kier molecular flexibility index (Phi) is 9.80. The fourth-order valence-corrected chi connectivity index (χ4v) is 4.75. The minimum Gasteiger partial charge on any atom is -0.342 e. The monoisotopic (exact) mass is 555 g/mol. The molecule has 1 atom stereocenters. The molecule has 1 heterocycles. The first-order valence-electron chi connectivity index (χ1n) is 13.1. The average Bonchev–Trinajstić information content (AvgIpc) is 3.37. The zero-order valence-electron chi connectivity index (χ0n) is 23.0. The predicted molar refractivity (Wildman–Crippen MR) is 158 cm³/mol. The second-order valence-corrected chi connectivity index (χ2v) is 10.5. The van der Waals surface area contributed by atoms with Crippen molar-refractivity contribution in [2.75, 3.05) is 11.1 Å². The summed E-state index contributed by atoms with van der Waals surface area (Å²) >= 11 is 1.31. The summed E-state index contributed by atoms with van der Waals surface area (Å²) in [6, 6.07) is 23.8. The molecule has 0 unspecified atom stereocenters. The van der Waals surface area contributed by atoms with E-state index in [-0.39, 0.29) is 29.5 Å². The predicted octanol–water partition coefficient (Wildman–Crippen LogP) is 6.88. The number of thioether (sulfide) groups is 1. The smallest absolute Gasteiger partial charge is 0.251 e. The van der Waals surface area contributed by atoms with Gasteiger partial charge in [0.15, 0.2) is 11.0 Å². The standard InChI is InChI=1S/C30H33N7O2S/c1-5-37-28(27(20(2)3)32-29(39)22-13-11-21(4)12-14-22)35-36-30(37)40-19-26(38)31-23-15-17-25(18-16-23)34-33-24-9-7-6-8-10-24/h6-18,20,27H,5,19H2,1-4H3,(H,31,38)(H,32,39)/t27-/m0/s1. The minimum atomic E-state index is -0.331. The van der Waals surface area contributed by atoms with Crippen molar-refractivity contribution in [2.24, 2.45) is 16.1 Å². The van der Waals surface area contributed by atoms with E-state index in [2.05, 4.69) is 31.1 Å². The first-order chi connectivity index (χ1) is 19.3. The largest absolute Gasteiger partial charge is 0.342 e. The molecule has 9 nitrogen and oxygen atoms in total. The van der Waals surface area contributed by atoms with E-state index in [9.17, 15) is 9.59 Å². The van der Waals surface area contributed by atoms with Crippen LogP contribution in [0.2, 0.25) is 0 Å². The number of nitrogens with zero attached hydrogens (tertiary/aromatic N) is 5. The van der Waals surface area contributed by atoms with Gasteiger partial charge in [-0.1, -0.05) is 61.5 Å². The number of hydrogen-bond acceptors (Lipinski definition) is 7. The molecule has 4 aromatic rings. The molecule has 4 rings (SSSR count). The van der Waals surface area contributed by atoms with Crippen molar-refractivity contribution in [3.8, 4) is 0 Å². The average molecular weight is 556 g/mol. The molecule has 2 amide bonds. The lowest BCUT2D eigenvalue weighted by Gasteiger charge is -2.22. The molecule has 0 aliphatic heterocycles. The fourth-order valence-electron chi connectivity index (χ4n) is 3.94. The zero-order valence-corrected chi connectivity index (χ0v) is 23.9. The summed E-state index contributed by atoms with van der Waals surface area (Å²) < 4.78 is 1.95. The van der Waals surface area contributed by atoms with E-state index < -0.39 is 0 Å². The van der Waals surface area contributed by atoms with Gasteiger partial charge in [-0.2, -0.15) is 10.2 Å². The number of hydrogen-bond donors (Lipinski definition) is 2. The number of carbonyl (C=O) groups is 2. The molecule has 206 valence electrons. The molecule has 0 bridgehead atoms. The zero-order chi connectivity index (χ0) is 28.5. The van der Waals surface area contributed by atoms with Gasteiger partial charge in [0.2, 0.25) is 5.91 Å². The summed E-state index contributed by atoms with van der Waals surface area (Å²) in [4.78, 5) is 25.6. The molecule has 10 heteroatoms. The van der Waals surface area contributed by atoms with Crippen molar-refractivity contribution >= 4 is 40.6 Å². The maximum absolute atomic E-state index is 12.9. The molecule has 40 heavy (non-hydrogen) atoms. The quantitative estimate of drug-likeness (QED) is 0.155. The van der Waals surface area contributed by atoms with Crippen molar-refractivity contribution in [3.63, 3.8) is 0 Å². The van der Waals surface area contributed by atoms with Gasteiger partial charge in [0.05, 0.1) is 23.2 Å². The second-order valence-electron chi connectivity index (χ2n) is 9.57. The first kappa shape index (κ1) is 28.7. The maximum Gasteiger partial charge on any atom is 0.251 e. The van der Waals surface area contributed by atoms with Crippen molar-refractivity contribution in [3.05, 3.63) is 95.8 Å². The van der Waals surface area contributed by atoms with Crippen LogP contribution >= 0.6 is 11.8 Å². The highest BCUT2D eigenvalue weighted by molar-refractivity contribution is 7.99. The highest BCUT2D eigenvalue weighted by Gasteiger charge is 2.26. The van der Waals surface area contributed by atoms with E-state index >= 15 is 0 Å². The normalized spacial score (nSPS) is 12.0. The van der Waals surface area contributed by atoms with E-state index in [1.807, 2.05) is 86.9 Å². The Hall–Kier alpha value is -4.31. The van der Waals surface area contributed by atoms with Gasteiger partial charge >= 0.3 is 0 Å². The Morgan fingerprint density at radius 1 is 0.900 bits per heavy atom. The molecule has 0 aliphatic carbocycles. The SMILES string of the molecule is CCn1c(SCC(=O)Nc2ccc(N=Nc3ccccc3)cc2)nnc1[C@@H](NC(=O)c1ccc(C)cc1)C(C)C. The lowest BCUT2D eigenvalue weighted by Crippen LogP contribution is -2.33. The third-order valence-electron chi connectivity index (χ3n) is 6.13. The van der Waals surface area contributed by atoms with E-state index in [1.165, 1.54) is 11.8 Å². The lowest BCUT2D eigenvalue weighted by molar-refractivity contribution is -0.113. The summed E-state index contributed by atoms with van der Waals surface area (Å²) in [6.45, 7) is 8.65. The Bertz CT molecular complexity index is 1450. The molecular formula is C30H33N7O2S. The fraction of sp³-hybridized carbons (Fsp3) is 0.267. The van der Waals surface area contributed by atoms with E-state index in [1.54, 1.807) is 24.3 Å². The van der Waals surface area contributed by atoms with Crippen LogP contribution in [0.4, 0.5) is 17.1 Å². The van der Waals surface area contributed by atoms with Crippen LogP contribution in [-0.4, -0.2) is 32.3 Å².